The molecule has 2 aromatic rings. The summed E-state index contributed by atoms with van der Waals surface area (Å²) in [5.41, 5.74) is 1.34. The van der Waals surface area contributed by atoms with E-state index in [1.807, 2.05) is 13.8 Å². The zero-order chi connectivity index (χ0) is 13.0. The van der Waals surface area contributed by atoms with Crippen LogP contribution in [0.15, 0.2) is 36.9 Å². The largest absolute Gasteiger partial charge is 0.305 e. The SMILES string of the molecule is CC(C)c1cncc(NC(=O)c2cccnc2)n1. The summed E-state index contributed by atoms with van der Waals surface area (Å²) < 4.78 is 0. The maximum absolute atomic E-state index is 11.9. The molecule has 0 atom stereocenters. The first-order valence-corrected chi connectivity index (χ1v) is 5.70. The van der Waals surface area contributed by atoms with Crippen molar-refractivity contribution in [2.75, 3.05) is 5.32 Å². The zero-order valence-electron chi connectivity index (χ0n) is 10.3. The van der Waals surface area contributed by atoms with Crippen LogP contribution in [0.4, 0.5) is 5.82 Å². The van der Waals surface area contributed by atoms with E-state index in [2.05, 4.69) is 20.3 Å². The molecule has 0 saturated heterocycles. The average molecular weight is 242 g/mol. The van der Waals surface area contributed by atoms with Gasteiger partial charge in [-0.1, -0.05) is 13.8 Å². The number of nitrogens with zero attached hydrogens (tertiary/aromatic N) is 3. The second kappa shape index (κ2) is 5.35. The fourth-order valence-corrected chi connectivity index (χ4v) is 1.41. The van der Waals surface area contributed by atoms with Crippen LogP contribution in [-0.4, -0.2) is 20.9 Å². The van der Waals surface area contributed by atoms with E-state index in [0.717, 1.165) is 5.69 Å². The van der Waals surface area contributed by atoms with Crippen molar-refractivity contribution in [3.05, 3.63) is 48.2 Å². The fourth-order valence-electron chi connectivity index (χ4n) is 1.41. The van der Waals surface area contributed by atoms with E-state index in [4.69, 9.17) is 0 Å². The Hall–Kier alpha value is -2.30. The van der Waals surface area contributed by atoms with Crippen molar-refractivity contribution < 1.29 is 4.79 Å². The van der Waals surface area contributed by atoms with Gasteiger partial charge in [0.25, 0.3) is 5.91 Å². The third-order valence-corrected chi connectivity index (χ3v) is 2.41. The fraction of sp³-hybridized carbons (Fsp3) is 0.231. The standard InChI is InChI=1S/C13H14N4O/c1-9(2)11-7-15-8-12(16-11)17-13(18)10-4-3-5-14-6-10/h3-9H,1-2H3,(H,16,17,18). The molecule has 5 heteroatoms. The Bertz CT molecular complexity index is 540. The quantitative estimate of drug-likeness (QED) is 0.896. The Balaban J connectivity index is 2.15. The molecule has 0 spiro atoms. The van der Waals surface area contributed by atoms with E-state index >= 15 is 0 Å². The minimum absolute atomic E-state index is 0.238. The minimum Gasteiger partial charge on any atom is -0.305 e. The van der Waals surface area contributed by atoms with Crippen LogP contribution >= 0.6 is 0 Å². The molecule has 0 aliphatic heterocycles. The van der Waals surface area contributed by atoms with E-state index < -0.39 is 0 Å². The Kier molecular flexibility index (Phi) is 3.62. The van der Waals surface area contributed by atoms with Crippen molar-refractivity contribution >= 4 is 11.7 Å². The minimum atomic E-state index is -0.238. The van der Waals surface area contributed by atoms with E-state index in [0.29, 0.717) is 11.4 Å². The molecule has 2 rings (SSSR count). The lowest BCUT2D eigenvalue weighted by molar-refractivity contribution is 0.102. The molecular formula is C13H14N4O. The molecule has 0 aliphatic rings. The summed E-state index contributed by atoms with van der Waals surface area (Å²) in [6.45, 7) is 4.05. The van der Waals surface area contributed by atoms with Crippen molar-refractivity contribution in [3.8, 4) is 0 Å². The summed E-state index contributed by atoms with van der Waals surface area (Å²) in [7, 11) is 0. The predicted octanol–water partition coefficient (Wildman–Crippen LogP) is 2.25. The van der Waals surface area contributed by atoms with Crippen LogP contribution < -0.4 is 5.32 Å². The lowest BCUT2D eigenvalue weighted by atomic mass is 10.1. The molecule has 0 saturated carbocycles. The molecule has 1 N–H and O–H groups in total. The van der Waals surface area contributed by atoms with Crippen molar-refractivity contribution in [1.29, 1.82) is 0 Å². The lowest BCUT2D eigenvalue weighted by Gasteiger charge is -2.07. The van der Waals surface area contributed by atoms with Gasteiger partial charge < -0.3 is 5.32 Å². The van der Waals surface area contributed by atoms with Crippen LogP contribution in [0.2, 0.25) is 0 Å². The van der Waals surface area contributed by atoms with Gasteiger partial charge in [0.2, 0.25) is 0 Å². The van der Waals surface area contributed by atoms with Crippen molar-refractivity contribution in [1.82, 2.24) is 15.0 Å². The molecule has 2 heterocycles. The molecule has 0 bridgehead atoms. The maximum Gasteiger partial charge on any atom is 0.258 e. The van der Waals surface area contributed by atoms with E-state index in [9.17, 15) is 4.79 Å². The lowest BCUT2D eigenvalue weighted by Crippen LogP contribution is -2.14. The highest BCUT2D eigenvalue weighted by Crippen LogP contribution is 2.12. The first kappa shape index (κ1) is 12.2. The summed E-state index contributed by atoms with van der Waals surface area (Å²) in [5.74, 6) is 0.487. The number of carbonyl (C=O) groups excluding carboxylic acids is 1. The van der Waals surface area contributed by atoms with E-state index in [-0.39, 0.29) is 11.8 Å². The molecule has 5 nitrogen and oxygen atoms in total. The summed E-state index contributed by atoms with van der Waals surface area (Å²) >= 11 is 0. The molecular weight excluding hydrogens is 228 g/mol. The number of carbonyl (C=O) groups is 1. The molecule has 0 aliphatic carbocycles. The van der Waals surface area contributed by atoms with Crippen molar-refractivity contribution in [2.24, 2.45) is 0 Å². The molecule has 2 aromatic heterocycles. The Morgan fingerprint density at radius 3 is 2.72 bits per heavy atom. The topological polar surface area (TPSA) is 67.8 Å². The predicted molar refractivity (Wildman–Crippen MR) is 68.3 cm³/mol. The summed E-state index contributed by atoms with van der Waals surface area (Å²) in [4.78, 5) is 24.2. The molecule has 0 aromatic carbocycles. The van der Waals surface area contributed by atoms with E-state index in [1.54, 1.807) is 24.5 Å². The summed E-state index contributed by atoms with van der Waals surface area (Å²) in [5, 5.41) is 2.70. The highest BCUT2D eigenvalue weighted by molar-refractivity contribution is 6.03. The van der Waals surface area contributed by atoms with Crippen LogP contribution in [0.3, 0.4) is 0 Å². The third-order valence-electron chi connectivity index (χ3n) is 2.41. The van der Waals surface area contributed by atoms with Gasteiger partial charge in [-0.15, -0.1) is 0 Å². The van der Waals surface area contributed by atoms with Gasteiger partial charge in [0.15, 0.2) is 5.82 Å². The number of aromatic nitrogens is 3. The molecule has 0 radical (unpaired) electrons. The van der Waals surface area contributed by atoms with Crippen LogP contribution in [0.5, 0.6) is 0 Å². The Morgan fingerprint density at radius 1 is 1.22 bits per heavy atom. The first-order valence-electron chi connectivity index (χ1n) is 5.70. The van der Waals surface area contributed by atoms with E-state index in [1.165, 1.54) is 12.4 Å². The van der Waals surface area contributed by atoms with Gasteiger partial charge in [-0.2, -0.15) is 0 Å². The highest BCUT2D eigenvalue weighted by Gasteiger charge is 2.08. The number of pyridine rings is 1. The Labute approximate surface area is 105 Å². The van der Waals surface area contributed by atoms with Gasteiger partial charge in [-0.25, -0.2) is 4.98 Å². The van der Waals surface area contributed by atoms with Gasteiger partial charge in [-0.3, -0.25) is 14.8 Å². The molecule has 0 fully saturated rings. The number of hydrogen-bond acceptors (Lipinski definition) is 4. The number of nitrogens with one attached hydrogen (secondary N) is 1. The van der Waals surface area contributed by atoms with Crippen LogP contribution in [-0.2, 0) is 0 Å². The molecule has 18 heavy (non-hydrogen) atoms. The second-order valence-electron chi connectivity index (χ2n) is 4.18. The van der Waals surface area contributed by atoms with Gasteiger partial charge in [0.1, 0.15) is 0 Å². The van der Waals surface area contributed by atoms with Crippen LogP contribution in [0, 0.1) is 0 Å². The van der Waals surface area contributed by atoms with Gasteiger partial charge in [0.05, 0.1) is 17.5 Å². The number of hydrogen-bond donors (Lipinski definition) is 1. The number of rotatable bonds is 3. The van der Waals surface area contributed by atoms with Gasteiger partial charge >= 0.3 is 0 Å². The third kappa shape index (κ3) is 2.88. The van der Waals surface area contributed by atoms with Crippen LogP contribution in [0.1, 0.15) is 35.8 Å². The zero-order valence-corrected chi connectivity index (χ0v) is 10.3. The average Bonchev–Trinajstić information content (AvgIpc) is 2.40. The van der Waals surface area contributed by atoms with Crippen molar-refractivity contribution in [2.45, 2.75) is 19.8 Å². The smallest absolute Gasteiger partial charge is 0.258 e. The maximum atomic E-state index is 11.9. The second-order valence-corrected chi connectivity index (χ2v) is 4.18. The molecule has 92 valence electrons. The van der Waals surface area contributed by atoms with Gasteiger partial charge in [0, 0.05) is 18.6 Å². The van der Waals surface area contributed by atoms with Gasteiger partial charge in [-0.05, 0) is 18.1 Å². The normalized spacial score (nSPS) is 10.4. The molecule has 0 unspecified atom stereocenters. The summed E-state index contributed by atoms with van der Waals surface area (Å²) in [6.07, 6.45) is 6.36. The summed E-state index contributed by atoms with van der Waals surface area (Å²) in [6, 6.07) is 3.41. The monoisotopic (exact) mass is 242 g/mol. The first-order chi connectivity index (χ1) is 8.66. The highest BCUT2D eigenvalue weighted by atomic mass is 16.1. The number of anilines is 1. The van der Waals surface area contributed by atoms with Crippen molar-refractivity contribution in [3.63, 3.8) is 0 Å². The molecule has 1 amide bonds. The van der Waals surface area contributed by atoms with Crippen LogP contribution in [0.25, 0.3) is 0 Å². The Morgan fingerprint density at radius 2 is 2.06 bits per heavy atom. The number of amides is 1.